The number of nitrogens with one attached hydrogen (secondary N) is 1. The highest BCUT2D eigenvalue weighted by atomic mass is 35.5. The number of carbonyl (C=O) groups excluding carboxylic acids is 2. The smallest absolute Gasteiger partial charge is 0.359 e. The summed E-state index contributed by atoms with van der Waals surface area (Å²) in [7, 11) is 1.52. The molecule has 1 saturated heterocycles. The van der Waals surface area contributed by atoms with Gasteiger partial charge in [0, 0.05) is 30.2 Å². The molecule has 0 unspecified atom stereocenters. The van der Waals surface area contributed by atoms with Crippen molar-refractivity contribution < 1.29 is 22.8 Å². The van der Waals surface area contributed by atoms with E-state index in [1.165, 1.54) is 18.0 Å². The zero-order valence-corrected chi connectivity index (χ0v) is 14.0. The minimum atomic E-state index is -4.45. The number of fused-ring (bicyclic) bond motifs is 1. The Morgan fingerprint density at radius 2 is 2.00 bits per heavy atom. The monoisotopic (exact) mass is 376 g/mol. The molecule has 3 rings (SSSR count). The van der Waals surface area contributed by atoms with Crippen LogP contribution in [0.2, 0.25) is 5.02 Å². The fourth-order valence-electron chi connectivity index (χ4n) is 2.54. The zero-order valence-electron chi connectivity index (χ0n) is 12.4. The van der Waals surface area contributed by atoms with Gasteiger partial charge in [-0.15, -0.1) is 11.3 Å². The topological polar surface area (TPSA) is 49.4 Å². The van der Waals surface area contributed by atoms with Gasteiger partial charge in [-0.3, -0.25) is 9.59 Å². The number of alkyl halides is 3. The summed E-state index contributed by atoms with van der Waals surface area (Å²) in [6.07, 6.45) is -4.45. The highest BCUT2D eigenvalue weighted by Gasteiger charge is 2.37. The van der Waals surface area contributed by atoms with Gasteiger partial charge in [0.25, 0.3) is 5.91 Å². The molecule has 1 aromatic carbocycles. The van der Waals surface area contributed by atoms with Crippen molar-refractivity contribution in [3.63, 3.8) is 0 Å². The van der Waals surface area contributed by atoms with Crippen molar-refractivity contribution in [3.05, 3.63) is 33.7 Å². The molecule has 128 valence electrons. The fourth-order valence-corrected chi connectivity index (χ4v) is 4.06. The molecule has 0 aliphatic carbocycles. The fraction of sp³-hybridized carbons (Fsp3) is 0.333. The van der Waals surface area contributed by atoms with Gasteiger partial charge < -0.3 is 10.2 Å². The van der Waals surface area contributed by atoms with Crippen molar-refractivity contribution >= 4 is 44.8 Å². The molecule has 2 heterocycles. The van der Waals surface area contributed by atoms with E-state index in [0.717, 1.165) is 23.5 Å². The predicted octanol–water partition coefficient (Wildman–Crippen LogP) is 3.39. The van der Waals surface area contributed by atoms with Gasteiger partial charge in [-0.2, -0.15) is 13.2 Å². The molecule has 0 radical (unpaired) electrons. The molecule has 0 bridgehead atoms. The molecule has 1 aliphatic heterocycles. The molecule has 2 aromatic rings. The van der Waals surface area contributed by atoms with E-state index in [1.54, 1.807) is 0 Å². The van der Waals surface area contributed by atoms with E-state index in [2.05, 4.69) is 5.32 Å². The summed E-state index contributed by atoms with van der Waals surface area (Å²) in [5, 5.41) is 3.08. The van der Waals surface area contributed by atoms with Crippen molar-refractivity contribution in [3.8, 4) is 0 Å². The van der Waals surface area contributed by atoms with Crippen LogP contribution in [0.5, 0.6) is 0 Å². The number of halogens is 4. The SMILES string of the molecule is CNC(=O)C1CN(C(=O)c2sc3cc(C(F)(F)F)ccc3c2Cl)C1. The first-order chi connectivity index (χ1) is 11.2. The molecule has 1 aliphatic rings. The summed E-state index contributed by atoms with van der Waals surface area (Å²) in [4.78, 5) is 25.6. The van der Waals surface area contributed by atoms with Gasteiger partial charge in [-0.1, -0.05) is 17.7 Å². The van der Waals surface area contributed by atoms with Gasteiger partial charge in [0.15, 0.2) is 0 Å². The normalized spacial score (nSPS) is 15.5. The van der Waals surface area contributed by atoms with Gasteiger partial charge in [0.2, 0.25) is 5.91 Å². The van der Waals surface area contributed by atoms with Crippen molar-refractivity contribution in [2.45, 2.75) is 6.18 Å². The first kappa shape index (κ1) is 17.0. The van der Waals surface area contributed by atoms with Crippen LogP contribution in [0.15, 0.2) is 18.2 Å². The van der Waals surface area contributed by atoms with Gasteiger partial charge in [-0.25, -0.2) is 0 Å². The van der Waals surface area contributed by atoms with Gasteiger partial charge in [0.05, 0.1) is 16.5 Å². The van der Waals surface area contributed by atoms with Crippen molar-refractivity contribution in [1.82, 2.24) is 10.2 Å². The number of benzene rings is 1. The number of rotatable bonds is 2. The number of likely N-dealkylation sites (tertiary alicyclic amines) is 1. The van der Waals surface area contributed by atoms with Crippen LogP contribution >= 0.6 is 22.9 Å². The third-order valence-corrected chi connectivity index (χ3v) is 5.58. The molecule has 0 spiro atoms. The molecule has 1 N–H and O–H groups in total. The molecule has 1 fully saturated rings. The number of nitrogens with zero attached hydrogens (tertiary/aromatic N) is 1. The molecular formula is C15H12ClF3N2O2S. The Bertz CT molecular complexity index is 828. The van der Waals surface area contributed by atoms with Crippen molar-refractivity contribution in [2.75, 3.05) is 20.1 Å². The first-order valence-corrected chi connectivity index (χ1v) is 8.22. The van der Waals surface area contributed by atoms with Crippen LogP contribution in [-0.2, 0) is 11.0 Å². The number of hydrogen-bond donors (Lipinski definition) is 1. The van der Waals surface area contributed by atoms with Crippen LogP contribution in [0, 0.1) is 5.92 Å². The second kappa shape index (κ2) is 5.93. The Balaban J connectivity index is 1.86. The summed E-state index contributed by atoms with van der Waals surface area (Å²) >= 11 is 7.10. The largest absolute Gasteiger partial charge is 0.416 e. The molecule has 4 nitrogen and oxygen atoms in total. The van der Waals surface area contributed by atoms with Crippen molar-refractivity contribution in [1.29, 1.82) is 0 Å². The van der Waals surface area contributed by atoms with E-state index in [4.69, 9.17) is 11.6 Å². The van der Waals surface area contributed by atoms with E-state index in [9.17, 15) is 22.8 Å². The number of carbonyl (C=O) groups is 2. The summed E-state index contributed by atoms with van der Waals surface area (Å²) in [6, 6.07) is 3.21. The quantitative estimate of drug-likeness (QED) is 0.873. The van der Waals surface area contributed by atoms with Crippen LogP contribution in [0.3, 0.4) is 0 Å². The van der Waals surface area contributed by atoms with E-state index in [0.29, 0.717) is 10.1 Å². The highest BCUT2D eigenvalue weighted by Crippen LogP contribution is 2.40. The standard InChI is InChI=1S/C15H12ClF3N2O2S/c1-20-13(22)7-5-21(6-7)14(23)12-11(16)9-3-2-8(15(17,18)19)4-10(9)24-12/h2-4,7H,5-6H2,1H3,(H,20,22). The molecule has 0 atom stereocenters. The lowest BCUT2D eigenvalue weighted by Crippen LogP contribution is -2.55. The van der Waals surface area contributed by atoms with E-state index < -0.39 is 11.7 Å². The average Bonchev–Trinajstić information content (AvgIpc) is 2.81. The Hall–Kier alpha value is -1.80. The van der Waals surface area contributed by atoms with Crippen LogP contribution < -0.4 is 5.32 Å². The Kier molecular flexibility index (Phi) is 4.21. The lowest BCUT2D eigenvalue weighted by atomic mass is 9.99. The first-order valence-electron chi connectivity index (χ1n) is 7.02. The Morgan fingerprint density at radius 3 is 2.58 bits per heavy atom. The third-order valence-electron chi connectivity index (χ3n) is 3.94. The number of thiophene rings is 1. The highest BCUT2D eigenvalue weighted by molar-refractivity contribution is 7.21. The lowest BCUT2D eigenvalue weighted by Gasteiger charge is -2.37. The minimum Gasteiger partial charge on any atom is -0.359 e. The Labute approximate surface area is 144 Å². The molecule has 0 saturated carbocycles. The summed E-state index contributed by atoms with van der Waals surface area (Å²) in [5.41, 5.74) is -0.782. The second-order valence-corrected chi connectivity index (χ2v) is 6.91. The maximum Gasteiger partial charge on any atom is 0.416 e. The molecular weight excluding hydrogens is 365 g/mol. The molecule has 24 heavy (non-hydrogen) atoms. The third kappa shape index (κ3) is 2.84. The van der Waals surface area contributed by atoms with Gasteiger partial charge >= 0.3 is 6.18 Å². The second-order valence-electron chi connectivity index (χ2n) is 5.48. The summed E-state index contributed by atoms with van der Waals surface area (Å²) < 4.78 is 38.7. The van der Waals surface area contributed by atoms with E-state index in [1.807, 2.05) is 0 Å². The zero-order chi connectivity index (χ0) is 17.6. The number of amides is 2. The van der Waals surface area contributed by atoms with Crippen LogP contribution in [0.25, 0.3) is 10.1 Å². The molecule has 2 amide bonds. The minimum absolute atomic E-state index is 0.142. The van der Waals surface area contributed by atoms with Gasteiger partial charge in [-0.05, 0) is 12.1 Å². The maximum atomic E-state index is 12.8. The van der Waals surface area contributed by atoms with Crippen LogP contribution in [0.4, 0.5) is 13.2 Å². The summed E-state index contributed by atoms with van der Waals surface area (Å²) in [6.45, 7) is 0.549. The maximum absolute atomic E-state index is 12.8. The van der Waals surface area contributed by atoms with E-state index >= 15 is 0 Å². The lowest BCUT2D eigenvalue weighted by molar-refractivity contribution is -0.137. The molecule has 9 heteroatoms. The van der Waals surface area contributed by atoms with Crippen molar-refractivity contribution in [2.24, 2.45) is 5.92 Å². The van der Waals surface area contributed by atoms with Gasteiger partial charge in [0.1, 0.15) is 4.88 Å². The molecule has 1 aromatic heterocycles. The average molecular weight is 377 g/mol. The van der Waals surface area contributed by atoms with E-state index in [-0.39, 0.29) is 40.7 Å². The number of hydrogen-bond acceptors (Lipinski definition) is 3. The summed E-state index contributed by atoms with van der Waals surface area (Å²) in [5.74, 6) is -0.768. The van der Waals surface area contributed by atoms with Crippen LogP contribution in [-0.4, -0.2) is 36.9 Å². The van der Waals surface area contributed by atoms with Crippen LogP contribution in [0.1, 0.15) is 15.2 Å². The Morgan fingerprint density at radius 1 is 1.33 bits per heavy atom. The predicted molar refractivity (Wildman–Crippen MR) is 85.3 cm³/mol.